The van der Waals surface area contributed by atoms with E-state index in [0.29, 0.717) is 39.1 Å². The third-order valence-electron chi connectivity index (χ3n) is 5.49. The molecular weight excluding hydrogens is 488 g/mol. The van der Waals surface area contributed by atoms with Gasteiger partial charge in [-0.05, 0) is 42.0 Å². The summed E-state index contributed by atoms with van der Waals surface area (Å²) < 4.78 is 21.9. The number of thiazole rings is 1. The van der Waals surface area contributed by atoms with Gasteiger partial charge in [0.25, 0.3) is 0 Å². The van der Waals surface area contributed by atoms with E-state index in [9.17, 15) is 10.1 Å². The molecule has 0 aliphatic carbocycles. The summed E-state index contributed by atoms with van der Waals surface area (Å²) >= 11 is 1.37. The standard InChI is InChI=1S/C29H24N2O5S/c1-33-25-12-10-21(15-28(25)35-3)23-18-37-29(31-23)22(16-30)13-19-9-11-26(27(14-19)34-2)36-17-24(32)20-7-5-4-6-8-20/h4-15,18H,17H2,1-3H3/b22-13-. The Hall–Kier alpha value is -4.61. The lowest BCUT2D eigenvalue weighted by molar-refractivity contribution is 0.0919. The molecule has 0 bridgehead atoms. The molecule has 1 heterocycles. The van der Waals surface area contributed by atoms with E-state index in [1.165, 1.54) is 18.4 Å². The van der Waals surface area contributed by atoms with Gasteiger partial charge in [0.05, 0.1) is 32.6 Å². The molecule has 3 aromatic carbocycles. The van der Waals surface area contributed by atoms with Gasteiger partial charge in [0, 0.05) is 16.5 Å². The molecule has 0 amide bonds. The zero-order chi connectivity index (χ0) is 26.2. The maximum Gasteiger partial charge on any atom is 0.200 e. The van der Waals surface area contributed by atoms with E-state index in [2.05, 4.69) is 11.1 Å². The van der Waals surface area contributed by atoms with Gasteiger partial charge in [-0.25, -0.2) is 4.98 Å². The number of nitriles is 1. The lowest BCUT2D eigenvalue weighted by Crippen LogP contribution is -2.11. The second kappa shape index (κ2) is 11.9. The van der Waals surface area contributed by atoms with Crippen molar-refractivity contribution < 1.29 is 23.7 Å². The first kappa shape index (κ1) is 25.5. The number of carbonyl (C=O) groups is 1. The Labute approximate surface area is 219 Å². The van der Waals surface area contributed by atoms with E-state index in [4.69, 9.17) is 18.9 Å². The summed E-state index contributed by atoms with van der Waals surface area (Å²) in [6.45, 7) is -0.114. The van der Waals surface area contributed by atoms with E-state index in [1.54, 1.807) is 62.8 Å². The summed E-state index contributed by atoms with van der Waals surface area (Å²) in [6, 6.07) is 22.0. The molecule has 4 aromatic rings. The quantitative estimate of drug-likeness (QED) is 0.186. The minimum absolute atomic E-state index is 0.114. The molecule has 0 saturated carbocycles. The number of nitrogens with zero attached hydrogens (tertiary/aromatic N) is 2. The van der Waals surface area contributed by atoms with Crippen LogP contribution in [0.25, 0.3) is 22.9 Å². The van der Waals surface area contributed by atoms with Crippen molar-refractivity contribution in [3.63, 3.8) is 0 Å². The first-order valence-electron chi connectivity index (χ1n) is 11.3. The summed E-state index contributed by atoms with van der Waals surface area (Å²) in [5.41, 5.74) is 3.30. The molecule has 186 valence electrons. The number of carbonyl (C=O) groups excluding carboxylic acids is 1. The van der Waals surface area contributed by atoms with Crippen LogP contribution in [0.15, 0.2) is 72.1 Å². The Kier molecular flexibility index (Phi) is 8.18. The third-order valence-corrected chi connectivity index (χ3v) is 6.36. The van der Waals surface area contributed by atoms with E-state index >= 15 is 0 Å². The molecule has 0 fully saturated rings. The Morgan fingerprint density at radius 3 is 2.32 bits per heavy atom. The van der Waals surface area contributed by atoms with E-state index in [1.807, 2.05) is 29.6 Å². The van der Waals surface area contributed by atoms with Crippen molar-refractivity contribution in [1.82, 2.24) is 4.98 Å². The number of hydrogen-bond donors (Lipinski definition) is 0. The van der Waals surface area contributed by atoms with Gasteiger partial charge in [0.1, 0.15) is 11.1 Å². The molecule has 0 unspecified atom stereocenters. The van der Waals surface area contributed by atoms with Crippen LogP contribution in [0.1, 0.15) is 20.9 Å². The van der Waals surface area contributed by atoms with Crippen molar-refractivity contribution in [3.8, 4) is 40.3 Å². The van der Waals surface area contributed by atoms with Crippen LogP contribution in [0.2, 0.25) is 0 Å². The largest absolute Gasteiger partial charge is 0.493 e. The van der Waals surface area contributed by atoms with Gasteiger partial charge in [-0.3, -0.25) is 4.79 Å². The highest BCUT2D eigenvalue weighted by Gasteiger charge is 2.14. The summed E-state index contributed by atoms with van der Waals surface area (Å²) in [5, 5.41) is 12.3. The van der Waals surface area contributed by atoms with E-state index in [-0.39, 0.29) is 12.4 Å². The Morgan fingerprint density at radius 1 is 0.919 bits per heavy atom. The van der Waals surface area contributed by atoms with Gasteiger partial charge < -0.3 is 18.9 Å². The molecule has 7 nitrogen and oxygen atoms in total. The topological polar surface area (TPSA) is 90.7 Å². The second-order valence-electron chi connectivity index (χ2n) is 7.77. The molecule has 0 spiro atoms. The molecule has 1 aromatic heterocycles. The zero-order valence-corrected chi connectivity index (χ0v) is 21.4. The molecule has 4 rings (SSSR count). The fourth-order valence-corrected chi connectivity index (χ4v) is 4.37. The predicted molar refractivity (Wildman–Crippen MR) is 143 cm³/mol. The number of ketones is 1. The van der Waals surface area contributed by atoms with Gasteiger partial charge in [0.15, 0.2) is 35.4 Å². The molecule has 0 radical (unpaired) electrons. The minimum atomic E-state index is -0.132. The Morgan fingerprint density at radius 2 is 1.62 bits per heavy atom. The number of allylic oxidation sites excluding steroid dienone is 1. The van der Waals surface area contributed by atoms with Gasteiger partial charge in [-0.15, -0.1) is 11.3 Å². The highest BCUT2D eigenvalue weighted by molar-refractivity contribution is 7.11. The maximum absolute atomic E-state index is 12.4. The highest BCUT2D eigenvalue weighted by Crippen LogP contribution is 2.34. The number of rotatable bonds is 10. The molecule has 0 aliphatic rings. The average molecular weight is 513 g/mol. The number of Topliss-reactive ketones (excluding diaryl/α,β-unsaturated/α-hetero) is 1. The van der Waals surface area contributed by atoms with Crippen LogP contribution >= 0.6 is 11.3 Å². The fourth-order valence-electron chi connectivity index (χ4n) is 3.58. The van der Waals surface area contributed by atoms with Crippen molar-refractivity contribution in [3.05, 3.63) is 88.2 Å². The zero-order valence-electron chi connectivity index (χ0n) is 20.6. The third kappa shape index (κ3) is 5.97. The van der Waals surface area contributed by atoms with Crippen LogP contribution in [-0.4, -0.2) is 38.7 Å². The molecule has 0 atom stereocenters. The average Bonchev–Trinajstić information content (AvgIpc) is 3.45. The van der Waals surface area contributed by atoms with Crippen LogP contribution in [-0.2, 0) is 0 Å². The summed E-state index contributed by atoms with van der Waals surface area (Å²) in [6.07, 6.45) is 1.73. The summed E-state index contributed by atoms with van der Waals surface area (Å²) in [4.78, 5) is 17.0. The van der Waals surface area contributed by atoms with Gasteiger partial charge in [-0.1, -0.05) is 36.4 Å². The number of ether oxygens (including phenoxy) is 4. The highest BCUT2D eigenvalue weighted by atomic mass is 32.1. The van der Waals surface area contributed by atoms with Crippen molar-refractivity contribution >= 4 is 28.8 Å². The van der Waals surface area contributed by atoms with Crippen LogP contribution in [0.5, 0.6) is 23.0 Å². The van der Waals surface area contributed by atoms with Gasteiger partial charge >= 0.3 is 0 Å². The summed E-state index contributed by atoms with van der Waals surface area (Å²) in [7, 11) is 4.69. The smallest absolute Gasteiger partial charge is 0.200 e. The summed E-state index contributed by atoms with van der Waals surface area (Å²) in [5.74, 6) is 1.99. The van der Waals surface area contributed by atoms with Crippen LogP contribution < -0.4 is 18.9 Å². The Balaban J connectivity index is 1.53. The first-order chi connectivity index (χ1) is 18.1. The number of methoxy groups -OCH3 is 3. The minimum Gasteiger partial charge on any atom is -0.493 e. The maximum atomic E-state index is 12.4. The first-order valence-corrected chi connectivity index (χ1v) is 12.1. The van der Waals surface area contributed by atoms with Crippen LogP contribution in [0.3, 0.4) is 0 Å². The van der Waals surface area contributed by atoms with E-state index < -0.39 is 0 Å². The monoisotopic (exact) mass is 512 g/mol. The number of aromatic nitrogens is 1. The molecule has 8 heteroatoms. The van der Waals surface area contributed by atoms with E-state index in [0.717, 1.165) is 16.8 Å². The van der Waals surface area contributed by atoms with Crippen LogP contribution in [0.4, 0.5) is 0 Å². The predicted octanol–water partition coefficient (Wildman–Crippen LogP) is 6.16. The molecular formula is C29H24N2O5S. The number of benzene rings is 3. The van der Waals surface area contributed by atoms with Crippen LogP contribution in [0, 0.1) is 11.3 Å². The molecule has 0 saturated heterocycles. The lowest BCUT2D eigenvalue weighted by atomic mass is 10.1. The fraction of sp³-hybridized carbons (Fsp3) is 0.138. The van der Waals surface area contributed by atoms with Crippen molar-refractivity contribution in [2.75, 3.05) is 27.9 Å². The normalized spacial score (nSPS) is 10.9. The van der Waals surface area contributed by atoms with Crippen molar-refractivity contribution in [2.24, 2.45) is 0 Å². The number of hydrogen-bond acceptors (Lipinski definition) is 8. The van der Waals surface area contributed by atoms with Crippen molar-refractivity contribution in [1.29, 1.82) is 5.26 Å². The molecule has 0 aliphatic heterocycles. The molecule has 37 heavy (non-hydrogen) atoms. The van der Waals surface area contributed by atoms with Gasteiger partial charge in [-0.2, -0.15) is 5.26 Å². The van der Waals surface area contributed by atoms with Crippen molar-refractivity contribution in [2.45, 2.75) is 0 Å². The lowest BCUT2D eigenvalue weighted by Gasteiger charge is -2.11. The Bertz CT molecular complexity index is 1470. The SMILES string of the molecule is COc1ccc(-c2csc(/C(C#N)=C\c3ccc(OCC(=O)c4ccccc4)c(OC)c3)n2)cc1OC. The molecule has 0 N–H and O–H groups in total. The van der Waals surface area contributed by atoms with Gasteiger partial charge in [0.2, 0.25) is 0 Å². The second-order valence-corrected chi connectivity index (χ2v) is 8.62.